The number of likely N-dealkylation sites (tertiary alicyclic amines) is 1. The highest BCUT2D eigenvalue weighted by Crippen LogP contribution is 2.31. The lowest BCUT2D eigenvalue weighted by Crippen LogP contribution is -2.40. The lowest BCUT2D eigenvalue weighted by molar-refractivity contribution is 0.0463. The fourth-order valence-corrected chi connectivity index (χ4v) is 3.89. The molecule has 138 valence electrons. The molecule has 2 heterocycles. The molecule has 1 atom stereocenters. The molecule has 1 aliphatic rings. The zero-order chi connectivity index (χ0) is 18.8. The molecule has 1 fully saturated rings. The Balaban J connectivity index is 1.50. The first-order chi connectivity index (χ1) is 13.1. The van der Waals surface area contributed by atoms with Crippen molar-refractivity contribution in [1.29, 1.82) is 0 Å². The Bertz CT molecular complexity index is 1000. The molecule has 0 bridgehead atoms. The third-order valence-corrected chi connectivity index (χ3v) is 5.40. The van der Waals surface area contributed by atoms with Crippen LogP contribution in [0.4, 0.5) is 0 Å². The average molecular weight is 362 g/mol. The number of piperidine rings is 1. The van der Waals surface area contributed by atoms with Gasteiger partial charge in [-0.2, -0.15) is 0 Å². The number of hydrogen-bond acceptors (Lipinski definition) is 3. The van der Waals surface area contributed by atoms with Crippen LogP contribution in [-0.2, 0) is 0 Å². The lowest BCUT2D eigenvalue weighted by atomic mass is 9.87. The molecule has 5 heteroatoms. The predicted molar refractivity (Wildman–Crippen MR) is 105 cm³/mol. The molecule has 1 saturated heterocycles. The van der Waals surface area contributed by atoms with Crippen molar-refractivity contribution in [2.45, 2.75) is 18.9 Å². The van der Waals surface area contributed by atoms with Gasteiger partial charge in [0.25, 0.3) is 5.91 Å². The van der Waals surface area contributed by atoms with E-state index in [-0.39, 0.29) is 17.4 Å². The highest BCUT2D eigenvalue weighted by Gasteiger charge is 2.29. The van der Waals surface area contributed by atoms with Gasteiger partial charge in [0.2, 0.25) is 5.56 Å². The Labute approximate surface area is 157 Å². The minimum Gasteiger partial charge on any atom is -0.388 e. The van der Waals surface area contributed by atoms with E-state index in [1.165, 1.54) is 6.07 Å². The van der Waals surface area contributed by atoms with Crippen molar-refractivity contribution in [3.63, 3.8) is 0 Å². The summed E-state index contributed by atoms with van der Waals surface area (Å²) in [5.74, 6) is 0.0114. The molecule has 0 radical (unpaired) electrons. The number of pyridine rings is 1. The van der Waals surface area contributed by atoms with Gasteiger partial charge in [0.1, 0.15) is 0 Å². The quantitative estimate of drug-likeness (QED) is 0.752. The topological polar surface area (TPSA) is 73.4 Å². The second-order valence-electron chi connectivity index (χ2n) is 7.08. The van der Waals surface area contributed by atoms with E-state index in [1.54, 1.807) is 11.0 Å². The minimum absolute atomic E-state index is 0.120. The van der Waals surface area contributed by atoms with Crippen molar-refractivity contribution >= 4 is 16.8 Å². The summed E-state index contributed by atoms with van der Waals surface area (Å²) in [5.41, 5.74) is 1.76. The van der Waals surface area contributed by atoms with Gasteiger partial charge in [0.15, 0.2) is 0 Å². The maximum Gasteiger partial charge on any atom is 0.254 e. The Morgan fingerprint density at radius 1 is 1.04 bits per heavy atom. The molecule has 5 nitrogen and oxygen atoms in total. The van der Waals surface area contributed by atoms with Crippen LogP contribution in [0.3, 0.4) is 0 Å². The predicted octanol–water partition coefficient (Wildman–Crippen LogP) is 3.11. The summed E-state index contributed by atoms with van der Waals surface area (Å²) in [5, 5.41) is 11.4. The zero-order valence-electron chi connectivity index (χ0n) is 15.0. The third-order valence-electron chi connectivity index (χ3n) is 5.40. The first-order valence-corrected chi connectivity index (χ1v) is 9.28. The number of carbonyl (C=O) groups excluding carboxylic acids is 1. The number of aliphatic hydroxyl groups is 1. The van der Waals surface area contributed by atoms with E-state index < -0.39 is 6.10 Å². The van der Waals surface area contributed by atoms with Crippen LogP contribution in [0.1, 0.15) is 34.9 Å². The number of aromatic nitrogens is 1. The van der Waals surface area contributed by atoms with E-state index in [0.717, 1.165) is 23.8 Å². The molecule has 0 aliphatic carbocycles. The first kappa shape index (κ1) is 17.5. The number of nitrogens with zero attached hydrogens (tertiary/aromatic N) is 1. The van der Waals surface area contributed by atoms with E-state index in [9.17, 15) is 14.7 Å². The molecule has 4 rings (SSSR count). The van der Waals surface area contributed by atoms with Crippen molar-refractivity contribution < 1.29 is 9.90 Å². The summed E-state index contributed by atoms with van der Waals surface area (Å²) >= 11 is 0. The first-order valence-electron chi connectivity index (χ1n) is 9.28. The number of fused-ring (bicyclic) bond motifs is 1. The molecule has 1 amide bonds. The largest absolute Gasteiger partial charge is 0.388 e. The monoisotopic (exact) mass is 362 g/mol. The second-order valence-corrected chi connectivity index (χ2v) is 7.08. The SMILES string of the molecule is O=C(c1cc(=O)[nH]c2ccccc12)N1CCC([C@H](O)c2ccccc2)CC1. The number of nitrogens with one attached hydrogen (secondary N) is 1. The number of hydrogen-bond donors (Lipinski definition) is 2. The molecule has 3 aromatic rings. The normalized spacial score (nSPS) is 16.4. The molecule has 1 aliphatic heterocycles. The van der Waals surface area contributed by atoms with Crippen LogP contribution in [-0.4, -0.2) is 34.0 Å². The van der Waals surface area contributed by atoms with Gasteiger partial charge in [-0.15, -0.1) is 0 Å². The van der Waals surface area contributed by atoms with Crippen molar-refractivity contribution in [2.24, 2.45) is 5.92 Å². The van der Waals surface area contributed by atoms with Crippen LogP contribution in [0.2, 0.25) is 0 Å². The molecule has 0 saturated carbocycles. The summed E-state index contributed by atoms with van der Waals surface area (Å²) in [6.07, 6.45) is 0.968. The highest BCUT2D eigenvalue weighted by atomic mass is 16.3. The maximum atomic E-state index is 13.0. The smallest absolute Gasteiger partial charge is 0.254 e. The molecule has 0 spiro atoms. The van der Waals surface area contributed by atoms with Crippen LogP contribution in [0.5, 0.6) is 0 Å². The molecule has 1 aromatic heterocycles. The fourth-order valence-electron chi connectivity index (χ4n) is 3.89. The zero-order valence-corrected chi connectivity index (χ0v) is 15.0. The maximum absolute atomic E-state index is 13.0. The number of para-hydroxylation sites is 1. The number of amides is 1. The van der Waals surface area contributed by atoms with Gasteiger partial charge in [-0.05, 0) is 30.4 Å². The number of benzene rings is 2. The van der Waals surface area contributed by atoms with E-state index in [4.69, 9.17) is 0 Å². The van der Waals surface area contributed by atoms with Gasteiger partial charge < -0.3 is 15.0 Å². The van der Waals surface area contributed by atoms with Crippen LogP contribution < -0.4 is 5.56 Å². The Morgan fingerprint density at radius 3 is 2.44 bits per heavy atom. The van der Waals surface area contributed by atoms with Gasteiger partial charge >= 0.3 is 0 Å². The van der Waals surface area contributed by atoms with Gasteiger partial charge in [0, 0.05) is 30.1 Å². The van der Waals surface area contributed by atoms with E-state index in [0.29, 0.717) is 24.2 Å². The van der Waals surface area contributed by atoms with Gasteiger partial charge in [0.05, 0.1) is 11.7 Å². The van der Waals surface area contributed by atoms with Crippen LogP contribution >= 0.6 is 0 Å². The third kappa shape index (κ3) is 3.51. The van der Waals surface area contributed by atoms with Crippen LogP contribution in [0.15, 0.2) is 65.5 Å². The summed E-state index contributed by atoms with van der Waals surface area (Å²) in [6.45, 7) is 1.16. The molecule has 27 heavy (non-hydrogen) atoms. The lowest BCUT2D eigenvalue weighted by Gasteiger charge is -2.34. The van der Waals surface area contributed by atoms with Crippen molar-refractivity contribution in [1.82, 2.24) is 9.88 Å². The Morgan fingerprint density at radius 2 is 1.70 bits per heavy atom. The fraction of sp³-hybridized carbons (Fsp3) is 0.273. The van der Waals surface area contributed by atoms with E-state index >= 15 is 0 Å². The van der Waals surface area contributed by atoms with Gasteiger partial charge in [-0.3, -0.25) is 9.59 Å². The highest BCUT2D eigenvalue weighted by molar-refractivity contribution is 6.05. The second kappa shape index (κ2) is 7.37. The van der Waals surface area contributed by atoms with Crippen LogP contribution in [0.25, 0.3) is 10.9 Å². The molecule has 0 unspecified atom stereocenters. The van der Waals surface area contributed by atoms with E-state index in [1.807, 2.05) is 48.5 Å². The van der Waals surface area contributed by atoms with Crippen molar-refractivity contribution in [2.75, 3.05) is 13.1 Å². The summed E-state index contributed by atoms with van der Waals surface area (Å²) < 4.78 is 0. The van der Waals surface area contributed by atoms with E-state index in [2.05, 4.69) is 4.98 Å². The molecule has 2 aromatic carbocycles. The Kier molecular flexibility index (Phi) is 4.77. The van der Waals surface area contributed by atoms with Gasteiger partial charge in [-0.25, -0.2) is 0 Å². The summed E-state index contributed by atoms with van der Waals surface area (Å²) in [6, 6.07) is 18.4. The number of aliphatic hydroxyl groups excluding tert-OH is 1. The van der Waals surface area contributed by atoms with Crippen LogP contribution in [0, 0.1) is 5.92 Å². The standard InChI is InChI=1S/C22H22N2O3/c25-20-14-18(17-8-4-5-9-19(17)23-20)22(27)24-12-10-16(11-13-24)21(26)15-6-2-1-3-7-15/h1-9,14,16,21,26H,10-13H2,(H,23,25)/t21-/m1/s1. The number of aromatic amines is 1. The molecule has 2 N–H and O–H groups in total. The molecular formula is C22H22N2O3. The summed E-state index contributed by atoms with van der Waals surface area (Å²) in [4.78, 5) is 29.5. The van der Waals surface area contributed by atoms with Crippen molar-refractivity contribution in [3.8, 4) is 0 Å². The average Bonchev–Trinajstić information content (AvgIpc) is 2.73. The number of H-pyrrole nitrogens is 1. The number of rotatable bonds is 3. The van der Waals surface area contributed by atoms with Crippen molar-refractivity contribution in [3.05, 3.63) is 82.1 Å². The number of carbonyl (C=O) groups is 1. The molecular weight excluding hydrogens is 340 g/mol. The Hall–Kier alpha value is -2.92. The van der Waals surface area contributed by atoms with Gasteiger partial charge in [-0.1, -0.05) is 48.5 Å². The minimum atomic E-state index is -0.510. The summed E-state index contributed by atoms with van der Waals surface area (Å²) in [7, 11) is 0.